The van der Waals surface area contributed by atoms with Gasteiger partial charge in [-0.05, 0) is 49.2 Å². The van der Waals surface area contributed by atoms with E-state index in [0.29, 0.717) is 35.9 Å². The van der Waals surface area contributed by atoms with Crippen LogP contribution in [0.2, 0.25) is 0 Å². The van der Waals surface area contributed by atoms with Gasteiger partial charge in [0, 0.05) is 30.7 Å². The molecule has 0 aliphatic heterocycles. The van der Waals surface area contributed by atoms with E-state index in [4.69, 9.17) is 14.0 Å². The number of carbonyl (C=O) groups is 1. The largest absolute Gasteiger partial charge is 0.497 e. The number of nitrogens with zero attached hydrogens (tertiary/aromatic N) is 4. The molecule has 0 saturated heterocycles. The molecule has 0 saturated carbocycles. The number of hydrogen-bond donors (Lipinski definition) is 0. The fraction of sp³-hybridized carbons (Fsp3) is 0.261. The zero-order valence-corrected chi connectivity index (χ0v) is 17.8. The molecule has 3 heterocycles. The number of esters is 1. The Bertz CT molecular complexity index is 1290. The van der Waals surface area contributed by atoms with Crippen molar-refractivity contribution >= 4 is 11.6 Å². The SMILES string of the molecule is COc1ccc(-c2noc(CCCC(=O)OCc3cc(=O)n4cc(C)ccc4n3)n2)cc1. The predicted molar refractivity (Wildman–Crippen MR) is 115 cm³/mol. The maximum absolute atomic E-state index is 12.2. The summed E-state index contributed by atoms with van der Waals surface area (Å²) in [6.45, 7) is 1.84. The van der Waals surface area contributed by atoms with Crippen LogP contribution in [0.1, 0.15) is 30.0 Å². The highest BCUT2D eigenvalue weighted by molar-refractivity contribution is 5.69. The molecule has 0 unspecified atom stereocenters. The van der Waals surface area contributed by atoms with Crippen molar-refractivity contribution in [3.05, 3.63) is 76.2 Å². The molecule has 164 valence electrons. The molecular weight excluding hydrogens is 412 g/mol. The number of benzene rings is 1. The zero-order valence-electron chi connectivity index (χ0n) is 17.8. The summed E-state index contributed by atoms with van der Waals surface area (Å²) in [6.07, 6.45) is 2.85. The Labute approximate surface area is 183 Å². The Morgan fingerprint density at radius 2 is 1.94 bits per heavy atom. The molecule has 4 rings (SSSR count). The van der Waals surface area contributed by atoms with Gasteiger partial charge in [-0.15, -0.1) is 0 Å². The summed E-state index contributed by atoms with van der Waals surface area (Å²) in [4.78, 5) is 33.0. The van der Waals surface area contributed by atoms with E-state index in [1.165, 1.54) is 10.5 Å². The third kappa shape index (κ3) is 5.00. The third-order valence-corrected chi connectivity index (χ3v) is 4.83. The Kier molecular flexibility index (Phi) is 6.25. The van der Waals surface area contributed by atoms with Crippen molar-refractivity contribution in [3.63, 3.8) is 0 Å². The van der Waals surface area contributed by atoms with E-state index in [-0.39, 0.29) is 24.6 Å². The minimum atomic E-state index is -0.384. The standard InChI is InChI=1S/C23H22N4O5/c1-15-6-11-19-24-17(12-21(28)27(19)13-15)14-31-22(29)5-3-4-20-25-23(26-32-20)16-7-9-18(30-2)10-8-16/h6-13H,3-5,14H2,1-2H3. The number of hydrogen-bond acceptors (Lipinski definition) is 8. The predicted octanol–water partition coefficient (Wildman–Crippen LogP) is 3.13. The van der Waals surface area contributed by atoms with E-state index in [0.717, 1.165) is 16.9 Å². The van der Waals surface area contributed by atoms with Crippen molar-refractivity contribution in [2.75, 3.05) is 7.11 Å². The topological polar surface area (TPSA) is 109 Å². The van der Waals surface area contributed by atoms with Gasteiger partial charge < -0.3 is 14.0 Å². The van der Waals surface area contributed by atoms with Gasteiger partial charge in [0.1, 0.15) is 18.0 Å². The van der Waals surface area contributed by atoms with Crippen molar-refractivity contribution in [2.45, 2.75) is 32.8 Å². The number of aryl methyl sites for hydroxylation is 2. The molecule has 0 spiro atoms. The van der Waals surface area contributed by atoms with E-state index in [1.54, 1.807) is 19.4 Å². The van der Waals surface area contributed by atoms with Crippen LogP contribution in [0.5, 0.6) is 5.75 Å². The molecule has 3 aromatic heterocycles. The van der Waals surface area contributed by atoms with Crippen molar-refractivity contribution in [2.24, 2.45) is 0 Å². The van der Waals surface area contributed by atoms with E-state index in [2.05, 4.69) is 15.1 Å². The van der Waals surface area contributed by atoms with Gasteiger partial charge in [0.05, 0.1) is 12.8 Å². The fourth-order valence-corrected chi connectivity index (χ4v) is 3.16. The molecule has 0 aliphatic rings. The van der Waals surface area contributed by atoms with Crippen molar-refractivity contribution in [3.8, 4) is 17.1 Å². The van der Waals surface area contributed by atoms with E-state index < -0.39 is 0 Å². The lowest BCUT2D eigenvalue weighted by Crippen LogP contribution is -2.16. The first-order valence-electron chi connectivity index (χ1n) is 10.1. The van der Waals surface area contributed by atoms with Crippen LogP contribution in [-0.4, -0.2) is 32.6 Å². The molecule has 9 heteroatoms. The van der Waals surface area contributed by atoms with Gasteiger partial charge in [0.25, 0.3) is 5.56 Å². The average Bonchev–Trinajstić information content (AvgIpc) is 3.27. The molecule has 9 nitrogen and oxygen atoms in total. The number of rotatable bonds is 8. The highest BCUT2D eigenvalue weighted by Gasteiger charge is 2.11. The summed E-state index contributed by atoms with van der Waals surface area (Å²) < 4.78 is 17.1. The van der Waals surface area contributed by atoms with Crippen molar-refractivity contribution in [1.82, 2.24) is 19.5 Å². The monoisotopic (exact) mass is 434 g/mol. The number of methoxy groups -OCH3 is 1. The van der Waals surface area contributed by atoms with Gasteiger partial charge in [-0.25, -0.2) is 4.98 Å². The van der Waals surface area contributed by atoms with Crippen LogP contribution in [-0.2, 0) is 22.6 Å². The first-order valence-corrected chi connectivity index (χ1v) is 10.1. The quantitative estimate of drug-likeness (QED) is 0.389. The Morgan fingerprint density at radius 3 is 2.72 bits per heavy atom. The Balaban J connectivity index is 1.27. The molecule has 0 fully saturated rings. The smallest absolute Gasteiger partial charge is 0.306 e. The van der Waals surface area contributed by atoms with Crippen LogP contribution < -0.4 is 10.3 Å². The molecule has 0 aliphatic carbocycles. The van der Waals surface area contributed by atoms with Crippen LogP contribution in [0.4, 0.5) is 0 Å². The van der Waals surface area contributed by atoms with E-state index in [1.807, 2.05) is 37.3 Å². The number of aromatic nitrogens is 4. The lowest BCUT2D eigenvalue weighted by Gasteiger charge is -2.06. The van der Waals surface area contributed by atoms with Gasteiger partial charge in [-0.2, -0.15) is 4.98 Å². The Morgan fingerprint density at radius 1 is 1.12 bits per heavy atom. The minimum absolute atomic E-state index is 0.0549. The van der Waals surface area contributed by atoms with Crippen LogP contribution in [0, 0.1) is 6.92 Å². The van der Waals surface area contributed by atoms with E-state index in [9.17, 15) is 9.59 Å². The van der Waals surface area contributed by atoms with Gasteiger partial charge in [0.15, 0.2) is 0 Å². The molecule has 0 N–H and O–H groups in total. The number of ether oxygens (including phenoxy) is 2. The summed E-state index contributed by atoms with van der Waals surface area (Å²) in [6, 6.07) is 12.3. The molecule has 0 bridgehead atoms. The summed E-state index contributed by atoms with van der Waals surface area (Å²) in [7, 11) is 1.60. The summed E-state index contributed by atoms with van der Waals surface area (Å²) in [5, 5.41) is 3.97. The normalized spacial score (nSPS) is 10.9. The molecular formula is C23H22N4O5. The third-order valence-electron chi connectivity index (χ3n) is 4.83. The Hall–Kier alpha value is -4.01. The van der Waals surface area contributed by atoms with Gasteiger partial charge >= 0.3 is 5.97 Å². The molecule has 4 aromatic rings. The van der Waals surface area contributed by atoms with Crippen molar-refractivity contribution < 1.29 is 18.8 Å². The minimum Gasteiger partial charge on any atom is -0.497 e. The first kappa shape index (κ1) is 21.2. The van der Waals surface area contributed by atoms with Crippen LogP contribution >= 0.6 is 0 Å². The lowest BCUT2D eigenvalue weighted by molar-refractivity contribution is -0.145. The highest BCUT2D eigenvalue weighted by Crippen LogP contribution is 2.20. The number of pyridine rings is 1. The lowest BCUT2D eigenvalue weighted by atomic mass is 10.2. The summed E-state index contributed by atoms with van der Waals surface area (Å²) in [5.41, 5.74) is 2.48. The summed E-state index contributed by atoms with van der Waals surface area (Å²) in [5.74, 6) is 1.29. The second kappa shape index (κ2) is 9.42. The molecule has 0 radical (unpaired) electrons. The van der Waals surface area contributed by atoms with Crippen molar-refractivity contribution in [1.29, 1.82) is 0 Å². The number of fused-ring (bicyclic) bond motifs is 1. The van der Waals surface area contributed by atoms with Gasteiger partial charge in [0.2, 0.25) is 11.7 Å². The zero-order chi connectivity index (χ0) is 22.5. The first-order chi connectivity index (χ1) is 15.5. The molecule has 0 amide bonds. The molecule has 32 heavy (non-hydrogen) atoms. The van der Waals surface area contributed by atoms with Gasteiger partial charge in [-0.1, -0.05) is 11.2 Å². The fourth-order valence-electron chi connectivity index (χ4n) is 3.16. The van der Waals surface area contributed by atoms with Gasteiger partial charge in [-0.3, -0.25) is 14.0 Å². The highest BCUT2D eigenvalue weighted by atomic mass is 16.5. The number of carbonyl (C=O) groups excluding carboxylic acids is 1. The van der Waals surface area contributed by atoms with Crippen LogP contribution in [0.3, 0.4) is 0 Å². The maximum Gasteiger partial charge on any atom is 0.306 e. The maximum atomic E-state index is 12.2. The van der Waals surface area contributed by atoms with E-state index >= 15 is 0 Å². The van der Waals surface area contributed by atoms with Crippen LogP contribution in [0.25, 0.3) is 17.0 Å². The van der Waals surface area contributed by atoms with Crippen LogP contribution in [0.15, 0.2) is 58.0 Å². The second-order valence-corrected chi connectivity index (χ2v) is 7.27. The summed E-state index contributed by atoms with van der Waals surface area (Å²) >= 11 is 0. The average molecular weight is 434 g/mol. The molecule has 1 aromatic carbocycles. The second-order valence-electron chi connectivity index (χ2n) is 7.27. The molecule has 0 atom stereocenters.